The number of benzene rings is 2. The molecule has 8 nitrogen and oxygen atoms in total. The monoisotopic (exact) mass is 382 g/mol. The van der Waals surface area contributed by atoms with Crippen LogP contribution < -0.4 is 15.5 Å². The number of hydrogen-bond acceptors (Lipinski definition) is 7. The quantitative estimate of drug-likeness (QED) is 0.455. The summed E-state index contributed by atoms with van der Waals surface area (Å²) in [5.74, 6) is 0.628. The number of aromatic nitrogens is 2. The first-order chi connectivity index (χ1) is 13.6. The zero-order chi connectivity index (χ0) is 19.9. The average Bonchev–Trinajstić information content (AvgIpc) is 2.71. The predicted molar refractivity (Wildman–Crippen MR) is 105 cm³/mol. The maximum atomic E-state index is 11.2. The highest BCUT2D eigenvalue weighted by Crippen LogP contribution is 2.33. The Balaban J connectivity index is 1.96. The minimum atomic E-state index is -0.255. The molecular weight excluding hydrogens is 362 g/mol. The fourth-order valence-corrected chi connectivity index (χ4v) is 2.75. The van der Waals surface area contributed by atoms with E-state index in [1.165, 1.54) is 12.1 Å². The van der Waals surface area contributed by atoms with Gasteiger partial charge in [-0.2, -0.15) is 5.10 Å². The Bertz CT molecular complexity index is 967. The van der Waals surface area contributed by atoms with Gasteiger partial charge in [-0.25, -0.2) is 5.10 Å². The highest BCUT2D eigenvalue weighted by atomic mass is 16.8. The van der Waals surface area contributed by atoms with Crippen LogP contribution in [0.15, 0.2) is 59.4 Å². The zero-order valence-electron chi connectivity index (χ0n) is 15.3. The van der Waals surface area contributed by atoms with E-state index >= 15 is 0 Å². The molecular formula is C20H20N3O5-. The molecule has 0 saturated carbocycles. The van der Waals surface area contributed by atoms with Crippen molar-refractivity contribution in [2.24, 2.45) is 0 Å². The van der Waals surface area contributed by atoms with Gasteiger partial charge >= 0.3 is 0 Å². The lowest BCUT2D eigenvalue weighted by Crippen LogP contribution is -2.08. The molecule has 0 amide bonds. The third-order valence-electron chi connectivity index (χ3n) is 4.09. The second-order valence-corrected chi connectivity index (χ2v) is 6.08. The van der Waals surface area contributed by atoms with Gasteiger partial charge in [0.05, 0.1) is 18.0 Å². The molecule has 0 aliphatic heterocycles. The Hall–Kier alpha value is -3.20. The SMILES string of the molecule is COCCOc1ccc(Cc2ccc(=O)[nH]n2)cc1-c1cccc(N([O-])O)c1. The van der Waals surface area contributed by atoms with E-state index in [2.05, 4.69) is 10.2 Å². The summed E-state index contributed by atoms with van der Waals surface area (Å²) < 4.78 is 10.8. The highest BCUT2D eigenvalue weighted by Gasteiger charge is 2.10. The lowest BCUT2D eigenvalue weighted by molar-refractivity contribution is 0.146. The van der Waals surface area contributed by atoms with Crippen LogP contribution in [-0.4, -0.2) is 35.7 Å². The van der Waals surface area contributed by atoms with Crippen LogP contribution in [0.1, 0.15) is 11.3 Å². The van der Waals surface area contributed by atoms with Crippen LogP contribution in [0, 0.1) is 5.21 Å². The molecule has 0 unspecified atom stereocenters. The number of nitrogens with one attached hydrogen (secondary N) is 1. The maximum Gasteiger partial charge on any atom is 0.264 e. The van der Waals surface area contributed by atoms with Gasteiger partial charge in [-0.3, -0.25) is 10.0 Å². The molecule has 2 aromatic carbocycles. The third-order valence-corrected chi connectivity index (χ3v) is 4.09. The summed E-state index contributed by atoms with van der Waals surface area (Å²) >= 11 is 0. The number of nitrogens with zero attached hydrogens (tertiary/aromatic N) is 2. The van der Waals surface area contributed by atoms with E-state index in [-0.39, 0.29) is 16.5 Å². The lowest BCUT2D eigenvalue weighted by atomic mass is 9.99. The molecule has 0 fully saturated rings. The van der Waals surface area contributed by atoms with Gasteiger partial charge in [0.2, 0.25) is 0 Å². The van der Waals surface area contributed by atoms with Gasteiger partial charge in [-0.1, -0.05) is 18.2 Å². The minimum absolute atomic E-state index is 0.119. The molecule has 0 spiro atoms. The van der Waals surface area contributed by atoms with Crippen LogP contribution in [-0.2, 0) is 11.2 Å². The molecule has 3 rings (SSSR count). The Labute approximate surface area is 161 Å². The Morgan fingerprint density at radius 3 is 2.71 bits per heavy atom. The van der Waals surface area contributed by atoms with Crippen molar-refractivity contribution in [2.75, 3.05) is 25.6 Å². The second kappa shape index (κ2) is 9.14. The number of anilines is 1. The van der Waals surface area contributed by atoms with Crippen molar-refractivity contribution in [3.63, 3.8) is 0 Å². The molecule has 0 bridgehead atoms. The summed E-state index contributed by atoms with van der Waals surface area (Å²) in [4.78, 5) is 11.2. The van der Waals surface area contributed by atoms with Gasteiger partial charge in [-0.05, 0) is 41.5 Å². The third kappa shape index (κ3) is 4.95. The number of aromatic amines is 1. The van der Waals surface area contributed by atoms with Crippen molar-refractivity contribution in [2.45, 2.75) is 6.42 Å². The molecule has 0 saturated heterocycles. The molecule has 0 atom stereocenters. The second-order valence-electron chi connectivity index (χ2n) is 6.08. The van der Waals surface area contributed by atoms with Gasteiger partial charge in [0, 0.05) is 25.2 Å². The predicted octanol–water partition coefficient (Wildman–Crippen LogP) is 2.75. The first kappa shape index (κ1) is 19.6. The van der Waals surface area contributed by atoms with E-state index in [9.17, 15) is 15.2 Å². The topological polar surface area (TPSA) is 111 Å². The summed E-state index contributed by atoms with van der Waals surface area (Å²) in [5, 5.41) is 26.7. The van der Waals surface area contributed by atoms with Gasteiger partial charge in [0.15, 0.2) is 0 Å². The first-order valence-corrected chi connectivity index (χ1v) is 8.62. The van der Waals surface area contributed by atoms with E-state index in [1.54, 1.807) is 25.3 Å². The van der Waals surface area contributed by atoms with Crippen molar-refractivity contribution >= 4 is 5.69 Å². The van der Waals surface area contributed by atoms with Crippen LogP contribution in [0.4, 0.5) is 5.69 Å². The summed E-state index contributed by atoms with van der Waals surface area (Å²) in [6, 6.07) is 15.4. The number of methoxy groups -OCH3 is 1. The summed E-state index contributed by atoms with van der Waals surface area (Å²) in [5.41, 5.74) is 3.01. The molecule has 8 heteroatoms. The Morgan fingerprint density at radius 1 is 1.14 bits per heavy atom. The van der Waals surface area contributed by atoms with Crippen LogP contribution in [0.3, 0.4) is 0 Å². The van der Waals surface area contributed by atoms with Crippen molar-refractivity contribution < 1.29 is 14.7 Å². The summed E-state index contributed by atoms with van der Waals surface area (Å²) in [6.07, 6.45) is 0.509. The van der Waals surface area contributed by atoms with Gasteiger partial charge < -0.3 is 19.9 Å². The lowest BCUT2D eigenvalue weighted by Gasteiger charge is -2.22. The van der Waals surface area contributed by atoms with E-state index in [0.717, 1.165) is 16.7 Å². The van der Waals surface area contributed by atoms with Gasteiger partial charge in [0.1, 0.15) is 12.4 Å². The van der Waals surface area contributed by atoms with Crippen molar-refractivity contribution in [3.05, 3.63) is 81.4 Å². The molecule has 146 valence electrons. The Kier molecular flexibility index (Phi) is 6.38. The van der Waals surface area contributed by atoms with Crippen LogP contribution in [0.5, 0.6) is 5.75 Å². The average molecular weight is 382 g/mol. The summed E-state index contributed by atoms with van der Waals surface area (Å²) in [6.45, 7) is 0.811. The smallest absolute Gasteiger partial charge is 0.264 e. The van der Waals surface area contributed by atoms with Gasteiger partial charge in [-0.15, -0.1) is 0 Å². The van der Waals surface area contributed by atoms with E-state index < -0.39 is 0 Å². The number of hydrogen-bond donors (Lipinski definition) is 2. The molecule has 3 aromatic rings. The fraction of sp³-hybridized carbons (Fsp3) is 0.200. The van der Waals surface area contributed by atoms with E-state index in [0.29, 0.717) is 31.1 Å². The van der Waals surface area contributed by atoms with Crippen LogP contribution >= 0.6 is 0 Å². The number of rotatable bonds is 8. The van der Waals surface area contributed by atoms with Crippen molar-refractivity contribution in [1.82, 2.24) is 10.2 Å². The van der Waals surface area contributed by atoms with E-state index in [1.807, 2.05) is 24.3 Å². The van der Waals surface area contributed by atoms with Crippen molar-refractivity contribution in [1.29, 1.82) is 0 Å². The molecule has 0 aliphatic rings. The Morgan fingerprint density at radius 2 is 2.00 bits per heavy atom. The standard InChI is InChI=1S/C20H20N3O5/c1-27-9-10-28-19-7-5-14(11-16-6-8-20(24)22-21-16)12-18(19)15-3-2-4-17(13-15)23(25)26/h2-8,12-13,25H,9-11H2,1H3,(H,22,24)/q-1. The fourth-order valence-electron chi connectivity index (χ4n) is 2.75. The molecule has 0 aliphatic carbocycles. The normalized spacial score (nSPS) is 10.7. The van der Waals surface area contributed by atoms with E-state index in [4.69, 9.17) is 9.47 Å². The highest BCUT2D eigenvalue weighted by molar-refractivity contribution is 5.74. The zero-order valence-corrected chi connectivity index (χ0v) is 15.3. The molecule has 1 heterocycles. The maximum absolute atomic E-state index is 11.2. The number of H-pyrrole nitrogens is 1. The minimum Gasteiger partial charge on any atom is -0.733 e. The van der Waals surface area contributed by atoms with Crippen LogP contribution in [0.25, 0.3) is 11.1 Å². The molecule has 1 aromatic heterocycles. The largest absolute Gasteiger partial charge is 0.733 e. The van der Waals surface area contributed by atoms with Gasteiger partial charge in [0.25, 0.3) is 5.56 Å². The van der Waals surface area contributed by atoms with Crippen molar-refractivity contribution in [3.8, 4) is 16.9 Å². The molecule has 28 heavy (non-hydrogen) atoms. The molecule has 2 N–H and O–H groups in total. The summed E-state index contributed by atoms with van der Waals surface area (Å²) in [7, 11) is 1.60. The first-order valence-electron chi connectivity index (χ1n) is 8.62. The molecule has 0 radical (unpaired) electrons. The van der Waals surface area contributed by atoms with Crippen LogP contribution in [0.2, 0.25) is 0 Å². The number of ether oxygens (including phenoxy) is 2.